The first-order valence-corrected chi connectivity index (χ1v) is 7.90. The van der Waals surface area contributed by atoms with E-state index in [9.17, 15) is 9.90 Å². The lowest BCUT2D eigenvalue weighted by atomic mass is 9.81. The van der Waals surface area contributed by atoms with Gasteiger partial charge in [0.05, 0.1) is 12.1 Å². The second kappa shape index (κ2) is 5.33. The summed E-state index contributed by atoms with van der Waals surface area (Å²) < 4.78 is 0. The molecule has 0 aliphatic heterocycles. The van der Waals surface area contributed by atoms with Crippen molar-refractivity contribution >= 4 is 17.1 Å². The van der Waals surface area contributed by atoms with E-state index in [2.05, 4.69) is 25.8 Å². The molecular formula is C15H23NO2S. The summed E-state index contributed by atoms with van der Waals surface area (Å²) in [5.41, 5.74) is -0.0540. The number of carbonyl (C=O) groups excluding carboxylic acids is 1. The lowest BCUT2D eigenvalue weighted by molar-refractivity contribution is -0.139. The second-order valence-corrected chi connectivity index (χ2v) is 7.51. The first-order chi connectivity index (χ1) is 8.81. The molecule has 0 bridgehead atoms. The minimum Gasteiger partial charge on any atom is -0.382 e. The van der Waals surface area contributed by atoms with Gasteiger partial charge in [0.25, 0.3) is 0 Å². The molecule has 0 atom stereocenters. The highest BCUT2D eigenvalue weighted by atomic mass is 32.1. The topological polar surface area (TPSA) is 50.2 Å². The molecule has 1 aliphatic rings. The lowest BCUT2D eigenvalue weighted by Gasteiger charge is -2.30. The minimum atomic E-state index is -1.09. The van der Waals surface area contributed by atoms with E-state index in [1.54, 1.807) is 0 Å². The summed E-state index contributed by atoms with van der Waals surface area (Å²) in [6.45, 7) is 6.34. The Balaban J connectivity index is 2.04. The van der Waals surface area contributed by atoms with Crippen molar-refractivity contribution in [2.24, 2.45) is 0 Å². The zero-order chi connectivity index (χ0) is 14.1. The Hall–Kier alpha value is -0.740. The number of thiazole rings is 1. The molecule has 0 saturated heterocycles. The molecule has 1 aromatic heterocycles. The van der Waals surface area contributed by atoms with Crippen molar-refractivity contribution in [2.75, 3.05) is 0 Å². The van der Waals surface area contributed by atoms with Gasteiger partial charge >= 0.3 is 0 Å². The normalized spacial score (nSPS) is 19.4. The average molecular weight is 281 g/mol. The molecule has 1 heterocycles. The molecule has 0 unspecified atom stereocenters. The molecule has 0 radical (unpaired) electrons. The predicted molar refractivity (Wildman–Crippen MR) is 77.6 cm³/mol. The van der Waals surface area contributed by atoms with Crippen LogP contribution in [0.3, 0.4) is 0 Å². The highest BCUT2D eigenvalue weighted by Crippen LogP contribution is 2.31. The monoisotopic (exact) mass is 281 g/mol. The quantitative estimate of drug-likeness (QED) is 0.925. The van der Waals surface area contributed by atoms with Crippen LogP contribution in [0.2, 0.25) is 0 Å². The van der Waals surface area contributed by atoms with Crippen LogP contribution in [0.5, 0.6) is 0 Å². The average Bonchev–Trinajstić information content (AvgIpc) is 2.78. The largest absolute Gasteiger partial charge is 0.382 e. The van der Waals surface area contributed by atoms with Crippen molar-refractivity contribution < 1.29 is 9.90 Å². The molecule has 0 aromatic carbocycles. The SMILES string of the molecule is CC(C)(C)c1csc(CC(=O)C2(O)CCCCC2)n1. The number of rotatable bonds is 3. The Morgan fingerprint density at radius 2 is 2.00 bits per heavy atom. The van der Waals surface area contributed by atoms with E-state index in [0.717, 1.165) is 30.0 Å². The summed E-state index contributed by atoms with van der Waals surface area (Å²) in [6.07, 6.45) is 4.53. The van der Waals surface area contributed by atoms with Crippen molar-refractivity contribution in [3.05, 3.63) is 16.1 Å². The van der Waals surface area contributed by atoms with Gasteiger partial charge in [0.2, 0.25) is 0 Å². The van der Waals surface area contributed by atoms with Crippen LogP contribution in [0.25, 0.3) is 0 Å². The fraction of sp³-hybridized carbons (Fsp3) is 0.733. The summed E-state index contributed by atoms with van der Waals surface area (Å²) in [5.74, 6) is -0.0537. The van der Waals surface area contributed by atoms with Gasteiger partial charge < -0.3 is 5.11 Å². The van der Waals surface area contributed by atoms with Crippen LogP contribution in [0.1, 0.15) is 63.6 Å². The fourth-order valence-corrected chi connectivity index (χ4v) is 3.47. The number of nitrogens with zero attached hydrogens (tertiary/aromatic N) is 1. The Kier molecular flexibility index (Phi) is 4.11. The number of Topliss-reactive ketones (excluding diaryl/α,β-unsaturated/α-hetero) is 1. The van der Waals surface area contributed by atoms with Crippen LogP contribution < -0.4 is 0 Å². The van der Waals surface area contributed by atoms with Crippen LogP contribution in [0, 0.1) is 0 Å². The molecule has 1 fully saturated rings. The Morgan fingerprint density at radius 3 is 2.53 bits per heavy atom. The molecule has 0 amide bonds. The van der Waals surface area contributed by atoms with Crippen molar-refractivity contribution in [1.82, 2.24) is 4.98 Å². The van der Waals surface area contributed by atoms with Gasteiger partial charge in [0.1, 0.15) is 10.6 Å². The Morgan fingerprint density at radius 1 is 1.37 bits per heavy atom. The molecule has 3 nitrogen and oxygen atoms in total. The molecular weight excluding hydrogens is 258 g/mol. The molecule has 1 aromatic rings. The smallest absolute Gasteiger partial charge is 0.171 e. The van der Waals surface area contributed by atoms with Gasteiger partial charge in [-0.15, -0.1) is 11.3 Å². The maximum Gasteiger partial charge on any atom is 0.171 e. The van der Waals surface area contributed by atoms with Crippen LogP contribution in [-0.4, -0.2) is 21.5 Å². The Labute approximate surface area is 119 Å². The summed E-state index contributed by atoms with van der Waals surface area (Å²) in [4.78, 5) is 16.8. The van der Waals surface area contributed by atoms with Gasteiger partial charge in [0.15, 0.2) is 5.78 Å². The van der Waals surface area contributed by atoms with Crippen molar-refractivity contribution in [2.45, 2.75) is 70.3 Å². The van der Waals surface area contributed by atoms with Crippen molar-refractivity contribution in [3.8, 4) is 0 Å². The van der Waals surface area contributed by atoms with E-state index < -0.39 is 5.60 Å². The van der Waals surface area contributed by atoms with E-state index in [0.29, 0.717) is 12.8 Å². The van der Waals surface area contributed by atoms with Crippen LogP contribution in [-0.2, 0) is 16.6 Å². The first-order valence-electron chi connectivity index (χ1n) is 7.02. The Bertz CT molecular complexity index is 453. The van der Waals surface area contributed by atoms with Crippen LogP contribution >= 0.6 is 11.3 Å². The highest BCUT2D eigenvalue weighted by molar-refractivity contribution is 7.09. The fourth-order valence-electron chi connectivity index (χ4n) is 2.45. The third kappa shape index (κ3) is 3.42. The maximum atomic E-state index is 12.3. The van der Waals surface area contributed by atoms with Crippen LogP contribution in [0.15, 0.2) is 5.38 Å². The summed E-state index contributed by atoms with van der Waals surface area (Å²) in [7, 11) is 0. The third-order valence-electron chi connectivity index (χ3n) is 3.83. The number of ketones is 1. The second-order valence-electron chi connectivity index (χ2n) is 6.57. The van der Waals surface area contributed by atoms with Gasteiger partial charge in [-0.2, -0.15) is 0 Å². The van der Waals surface area contributed by atoms with Gasteiger partial charge in [-0.3, -0.25) is 4.79 Å². The van der Waals surface area contributed by atoms with Gasteiger partial charge in [-0.05, 0) is 12.8 Å². The number of aliphatic hydroxyl groups is 1. The summed E-state index contributed by atoms with van der Waals surface area (Å²) in [5, 5.41) is 13.2. The summed E-state index contributed by atoms with van der Waals surface area (Å²) in [6, 6.07) is 0. The van der Waals surface area contributed by atoms with Crippen LogP contribution in [0.4, 0.5) is 0 Å². The molecule has 19 heavy (non-hydrogen) atoms. The van der Waals surface area contributed by atoms with E-state index in [1.165, 1.54) is 11.3 Å². The zero-order valence-electron chi connectivity index (χ0n) is 12.0. The van der Waals surface area contributed by atoms with E-state index in [-0.39, 0.29) is 17.6 Å². The van der Waals surface area contributed by atoms with Crippen molar-refractivity contribution in [1.29, 1.82) is 0 Å². The maximum absolute atomic E-state index is 12.3. The molecule has 0 spiro atoms. The predicted octanol–water partition coefficient (Wildman–Crippen LogP) is 3.25. The molecule has 106 valence electrons. The van der Waals surface area contributed by atoms with E-state index in [1.807, 2.05) is 5.38 Å². The molecule has 1 saturated carbocycles. The van der Waals surface area contributed by atoms with Gasteiger partial charge in [-0.1, -0.05) is 40.0 Å². The lowest BCUT2D eigenvalue weighted by Crippen LogP contribution is -2.41. The zero-order valence-corrected chi connectivity index (χ0v) is 12.8. The number of carbonyl (C=O) groups is 1. The minimum absolute atomic E-state index is 0.0134. The molecule has 2 rings (SSSR count). The molecule has 1 aliphatic carbocycles. The molecule has 1 N–H and O–H groups in total. The third-order valence-corrected chi connectivity index (χ3v) is 4.68. The van der Waals surface area contributed by atoms with Gasteiger partial charge in [-0.25, -0.2) is 4.98 Å². The summed E-state index contributed by atoms with van der Waals surface area (Å²) >= 11 is 1.52. The standard InChI is InChI=1S/C15H23NO2S/c1-14(2,3)11-10-19-13(16-11)9-12(17)15(18)7-5-4-6-8-15/h10,18H,4-9H2,1-3H3. The van der Waals surface area contributed by atoms with Crippen molar-refractivity contribution in [3.63, 3.8) is 0 Å². The van der Waals surface area contributed by atoms with Gasteiger partial charge in [0, 0.05) is 10.8 Å². The number of hydrogen-bond donors (Lipinski definition) is 1. The highest BCUT2D eigenvalue weighted by Gasteiger charge is 2.37. The first kappa shape index (κ1) is 14.7. The van der Waals surface area contributed by atoms with E-state index >= 15 is 0 Å². The number of aromatic nitrogens is 1. The number of hydrogen-bond acceptors (Lipinski definition) is 4. The molecule has 4 heteroatoms. The van der Waals surface area contributed by atoms with E-state index in [4.69, 9.17) is 0 Å².